The zero-order valence-electron chi connectivity index (χ0n) is 20.4. The van der Waals surface area contributed by atoms with E-state index in [1.165, 1.54) is 18.0 Å². The normalized spacial score (nSPS) is 11.3. The number of para-hydroxylation sites is 1. The zero-order chi connectivity index (χ0) is 26.6. The molecule has 190 valence electrons. The van der Waals surface area contributed by atoms with Crippen molar-refractivity contribution in [2.45, 2.75) is 10.2 Å². The lowest BCUT2D eigenvalue weighted by atomic mass is 10.1. The quantitative estimate of drug-likeness (QED) is 0.185. The van der Waals surface area contributed by atoms with Gasteiger partial charge in [0.15, 0.2) is 10.9 Å². The van der Waals surface area contributed by atoms with Gasteiger partial charge in [0, 0.05) is 11.3 Å². The fourth-order valence-electron chi connectivity index (χ4n) is 4.09. The van der Waals surface area contributed by atoms with Crippen LogP contribution in [0.3, 0.4) is 0 Å². The van der Waals surface area contributed by atoms with Crippen molar-refractivity contribution in [1.82, 2.24) is 20.2 Å². The molecule has 0 fully saturated rings. The molecule has 0 unspecified atom stereocenters. The largest absolute Gasteiger partial charge is 0.507 e. The molecular weight excluding hydrogens is 510 g/mol. The summed E-state index contributed by atoms with van der Waals surface area (Å²) in [6.45, 7) is 0. The van der Waals surface area contributed by atoms with Crippen molar-refractivity contribution in [3.63, 3.8) is 0 Å². The monoisotopic (exact) mass is 531 g/mol. The molecule has 6 rings (SSSR count). The second kappa shape index (κ2) is 10.7. The van der Waals surface area contributed by atoms with Crippen LogP contribution in [0.15, 0.2) is 129 Å². The molecule has 0 atom stereocenters. The summed E-state index contributed by atoms with van der Waals surface area (Å²) in [6.07, 6.45) is 1.40. The molecule has 0 aliphatic rings. The molecule has 0 saturated carbocycles. The number of furan rings is 1. The third kappa shape index (κ3) is 5.16. The van der Waals surface area contributed by atoms with Crippen LogP contribution in [-0.2, 0) is 0 Å². The highest BCUT2D eigenvalue weighted by Crippen LogP contribution is 2.33. The minimum Gasteiger partial charge on any atom is -0.507 e. The number of hydrogen-bond acceptors (Lipinski definition) is 7. The van der Waals surface area contributed by atoms with Crippen LogP contribution in [0.2, 0.25) is 0 Å². The van der Waals surface area contributed by atoms with E-state index in [9.17, 15) is 9.90 Å². The molecule has 8 nitrogen and oxygen atoms in total. The van der Waals surface area contributed by atoms with Crippen LogP contribution in [0, 0.1) is 0 Å². The molecule has 0 radical (unpaired) electrons. The predicted octanol–water partition coefficient (Wildman–Crippen LogP) is 6.30. The van der Waals surface area contributed by atoms with E-state index in [1.807, 2.05) is 89.5 Å². The molecule has 6 aromatic rings. The van der Waals surface area contributed by atoms with E-state index in [-0.39, 0.29) is 11.3 Å². The number of phenolic OH excluding ortho intramolecular Hbond substituents is 1. The first kappa shape index (κ1) is 24.2. The maximum atomic E-state index is 12.6. The molecule has 4 aromatic carbocycles. The van der Waals surface area contributed by atoms with Crippen LogP contribution in [0.4, 0.5) is 0 Å². The molecular formula is C30H21N5O3S. The third-order valence-corrected chi connectivity index (χ3v) is 6.81. The van der Waals surface area contributed by atoms with E-state index in [2.05, 4.69) is 20.7 Å². The molecule has 0 saturated heterocycles. The van der Waals surface area contributed by atoms with Gasteiger partial charge in [-0.2, -0.15) is 5.10 Å². The topological polar surface area (TPSA) is 106 Å². The fraction of sp³-hybridized carbons (Fsp3) is 0. The van der Waals surface area contributed by atoms with Crippen molar-refractivity contribution in [3.8, 4) is 22.8 Å². The Kier molecular flexibility index (Phi) is 6.63. The Balaban J connectivity index is 1.19. The summed E-state index contributed by atoms with van der Waals surface area (Å²) in [5, 5.41) is 26.0. The Labute approximate surface area is 227 Å². The number of amides is 1. The van der Waals surface area contributed by atoms with Crippen molar-refractivity contribution >= 4 is 34.7 Å². The van der Waals surface area contributed by atoms with Crippen molar-refractivity contribution in [2.75, 3.05) is 0 Å². The van der Waals surface area contributed by atoms with Gasteiger partial charge >= 0.3 is 0 Å². The molecule has 2 heterocycles. The van der Waals surface area contributed by atoms with Crippen LogP contribution in [0.25, 0.3) is 27.8 Å². The molecule has 0 aliphatic heterocycles. The van der Waals surface area contributed by atoms with Crippen molar-refractivity contribution in [3.05, 3.63) is 121 Å². The Bertz CT molecular complexity index is 1800. The smallest absolute Gasteiger partial charge is 0.275 e. The summed E-state index contributed by atoms with van der Waals surface area (Å²) in [7, 11) is 0. The number of carbonyl (C=O) groups is 1. The second-order valence-electron chi connectivity index (χ2n) is 8.52. The summed E-state index contributed by atoms with van der Waals surface area (Å²) in [5.74, 6) is 0.516. The minimum absolute atomic E-state index is 0.115. The van der Waals surface area contributed by atoms with Crippen molar-refractivity contribution in [2.24, 2.45) is 5.10 Å². The first-order valence-corrected chi connectivity index (χ1v) is 12.9. The fourth-order valence-corrected chi connectivity index (χ4v) is 4.91. The Hall–Kier alpha value is -5.15. The lowest BCUT2D eigenvalue weighted by Gasteiger charge is -2.09. The van der Waals surface area contributed by atoms with Gasteiger partial charge in [-0.25, -0.2) is 5.43 Å². The van der Waals surface area contributed by atoms with E-state index in [0.717, 1.165) is 27.8 Å². The average molecular weight is 532 g/mol. The van der Waals surface area contributed by atoms with Gasteiger partial charge in [0.25, 0.3) is 5.91 Å². The maximum Gasteiger partial charge on any atom is 0.275 e. The van der Waals surface area contributed by atoms with Gasteiger partial charge in [-0.1, -0.05) is 72.8 Å². The Morgan fingerprint density at radius 3 is 2.33 bits per heavy atom. The Morgan fingerprint density at radius 2 is 1.56 bits per heavy atom. The summed E-state index contributed by atoms with van der Waals surface area (Å²) in [6, 6.07) is 34.0. The highest BCUT2D eigenvalue weighted by atomic mass is 32.2. The molecule has 0 bridgehead atoms. The molecule has 0 spiro atoms. The van der Waals surface area contributed by atoms with E-state index >= 15 is 0 Å². The second-order valence-corrected chi connectivity index (χ2v) is 9.49. The van der Waals surface area contributed by atoms with Crippen LogP contribution in [0.5, 0.6) is 5.75 Å². The summed E-state index contributed by atoms with van der Waals surface area (Å²) < 4.78 is 7.87. The van der Waals surface area contributed by atoms with Crippen molar-refractivity contribution < 1.29 is 14.3 Å². The van der Waals surface area contributed by atoms with E-state index in [4.69, 9.17) is 4.42 Å². The number of aromatic hydroxyl groups is 1. The van der Waals surface area contributed by atoms with Gasteiger partial charge < -0.3 is 9.52 Å². The third-order valence-electron chi connectivity index (χ3n) is 5.94. The number of hydrazone groups is 1. The molecule has 9 heteroatoms. The first-order valence-electron chi connectivity index (χ1n) is 12.0. The highest BCUT2D eigenvalue weighted by molar-refractivity contribution is 7.99. The van der Waals surface area contributed by atoms with E-state index < -0.39 is 5.91 Å². The number of nitrogens with one attached hydrogen (secondary N) is 1. The number of hydrogen-bond donors (Lipinski definition) is 2. The predicted molar refractivity (Wildman–Crippen MR) is 150 cm³/mol. The number of rotatable bonds is 7. The van der Waals surface area contributed by atoms with Crippen LogP contribution in [-0.4, -0.2) is 32.0 Å². The molecule has 0 aliphatic carbocycles. The number of benzene rings is 4. The summed E-state index contributed by atoms with van der Waals surface area (Å²) in [5.41, 5.74) is 4.45. The van der Waals surface area contributed by atoms with Crippen LogP contribution < -0.4 is 5.43 Å². The van der Waals surface area contributed by atoms with Gasteiger partial charge in [0.1, 0.15) is 11.5 Å². The van der Waals surface area contributed by atoms with Crippen molar-refractivity contribution in [1.29, 1.82) is 0 Å². The van der Waals surface area contributed by atoms with Gasteiger partial charge in [-0.3, -0.25) is 9.36 Å². The van der Waals surface area contributed by atoms with Gasteiger partial charge in [-0.15, -0.1) is 10.2 Å². The number of aromatic nitrogens is 3. The summed E-state index contributed by atoms with van der Waals surface area (Å²) >= 11 is 1.33. The van der Waals surface area contributed by atoms with Gasteiger partial charge in [-0.05, 0) is 58.9 Å². The zero-order valence-corrected chi connectivity index (χ0v) is 21.2. The number of phenols is 1. The summed E-state index contributed by atoms with van der Waals surface area (Å²) in [4.78, 5) is 12.6. The highest BCUT2D eigenvalue weighted by Gasteiger charge is 2.18. The lowest BCUT2D eigenvalue weighted by Crippen LogP contribution is -2.17. The maximum absolute atomic E-state index is 12.6. The molecule has 39 heavy (non-hydrogen) atoms. The van der Waals surface area contributed by atoms with E-state index in [1.54, 1.807) is 24.3 Å². The van der Waals surface area contributed by atoms with Gasteiger partial charge in [0.2, 0.25) is 5.16 Å². The number of fused-ring (bicyclic) bond motifs is 1. The van der Waals surface area contributed by atoms with Crippen LogP contribution in [0.1, 0.15) is 16.1 Å². The Morgan fingerprint density at radius 1 is 0.872 bits per heavy atom. The molecule has 2 N–H and O–H groups in total. The number of nitrogens with zero attached hydrogens (tertiary/aromatic N) is 4. The van der Waals surface area contributed by atoms with Crippen LogP contribution >= 0.6 is 11.8 Å². The SMILES string of the molecule is O=C(NN=Cc1ccc(Sc2nnc(-c3ccccc3)n2-c2ccccc2)o1)c1cc2ccccc2cc1O. The minimum atomic E-state index is -0.528. The first-order chi connectivity index (χ1) is 19.2. The molecule has 2 aromatic heterocycles. The average Bonchev–Trinajstić information content (AvgIpc) is 3.60. The van der Waals surface area contributed by atoms with E-state index in [0.29, 0.717) is 16.0 Å². The number of carbonyl (C=O) groups excluding carboxylic acids is 1. The molecule has 1 amide bonds. The van der Waals surface area contributed by atoms with Gasteiger partial charge in [0.05, 0.1) is 11.8 Å². The standard InChI is InChI=1S/C30H21N5O3S/c36-26-18-22-12-8-7-11-21(22)17-25(26)29(37)33-31-19-24-15-16-27(38-24)39-30-34-32-28(20-9-3-1-4-10-20)35(30)23-13-5-2-6-14-23/h1-19,36H,(H,33,37). The lowest BCUT2D eigenvalue weighted by molar-refractivity contribution is 0.0952.